The van der Waals surface area contributed by atoms with E-state index in [1.54, 1.807) is 7.11 Å². The molecule has 0 radical (unpaired) electrons. The molecule has 1 aromatic rings. The van der Waals surface area contributed by atoms with Gasteiger partial charge in [0.1, 0.15) is 5.75 Å². The molecule has 0 spiro atoms. The Morgan fingerprint density at radius 3 is 2.40 bits per heavy atom. The second-order valence-electron chi connectivity index (χ2n) is 6.36. The van der Waals surface area contributed by atoms with Gasteiger partial charge < -0.3 is 9.84 Å². The maximum Gasteiger partial charge on any atom is 0.127 e. The van der Waals surface area contributed by atoms with Crippen LogP contribution in [0.4, 0.5) is 0 Å². The quantitative estimate of drug-likeness (QED) is 0.831. The highest BCUT2D eigenvalue weighted by Gasteiger charge is 2.38. The number of methoxy groups -OCH3 is 1. The van der Waals surface area contributed by atoms with Gasteiger partial charge in [-0.05, 0) is 49.3 Å². The molecule has 0 saturated heterocycles. The van der Waals surface area contributed by atoms with Crippen molar-refractivity contribution in [3.63, 3.8) is 0 Å². The fourth-order valence-corrected chi connectivity index (χ4v) is 4.01. The third kappa shape index (κ3) is 2.75. The van der Waals surface area contributed by atoms with Crippen molar-refractivity contribution in [2.45, 2.75) is 59.0 Å². The summed E-state index contributed by atoms with van der Waals surface area (Å²) in [7, 11) is 1.69. The number of aliphatic hydroxyl groups is 1. The highest BCUT2D eigenvalue weighted by Crippen LogP contribution is 2.49. The topological polar surface area (TPSA) is 29.5 Å². The summed E-state index contributed by atoms with van der Waals surface area (Å²) < 4.78 is 6.63. The fourth-order valence-electron chi connectivity index (χ4n) is 3.46. The zero-order chi connectivity index (χ0) is 14.9. The van der Waals surface area contributed by atoms with Crippen LogP contribution in [0.25, 0.3) is 0 Å². The summed E-state index contributed by atoms with van der Waals surface area (Å²) in [5, 5.41) is 11.0. The van der Waals surface area contributed by atoms with Crippen molar-refractivity contribution >= 4 is 15.9 Å². The maximum atomic E-state index is 11.0. The number of benzene rings is 1. The summed E-state index contributed by atoms with van der Waals surface area (Å²) in [6, 6.07) is 2.06. The summed E-state index contributed by atoms with van der Waals surface area (Å²) in [5.41, 5.74) is 3.08. The first-order chi connectivity index (χ1) is 9.40. The summed E-state index contributed by atoms with van der Waals surface area (Å²) in [5.74, 6) is 0.838. The molecule has 0 amide bonds. The Morgan fingerprint density at radius 1 is 1.25 bits per heavy atom. The van der Waals surface area contributed by atoms with E-state index in [9.17, 15) is 5.11 Å². The molecule has 0 aromatic heterocycles. The number of ether oxygens (including phenoxy) is 1. The molecule has 2 rings (SSSR count). The molecule has 1 atom stereocenters. The standard InChI is InChI=1S/C17H25BrO2/c1-11-10-13(18)12(2)14(15(11)20-4)16(19)17(3)8-6-5-7-9-17/h10,16,19H,5-9H2,1-4H3. The molecule has 3 heteroatoms. The zero-order valence-corrected chi connectivity index (χ0v) is 14.5. The molecule has 1 fully saturated rings. The van der Waals surface area contributed by atoms with Gasteiger partial charge >= 0.3 is 0 Å². The zero-order valence-electron chi connectivity index (χ0n) is 12.9. The van der Waals surface area contributed by atoms with Crippen LogP contribution >= 0.6 is 15.9 Å². The number of hydrogen-bond donors (Lipinski definition) is 1. The van der Waals surface area contributed by atoms with Crippen molar-refractivity contribution in [3.8, 4) is 5.75 Å². The SMILES string of the molecule is COc1c(C)cc(Br)c(C)c1C(O)C1(C)CCCCC1. The van der Waals surface area contributed by atoms with Crippen LogP contribution in [0, 0.1) is 19.3 Å². The van der Waals surface area contributed by atoms with Crippen LogP contribution in [-0.2, 0) is 0 Å². The first kappa shape index (κ1) is 15.8. The Balaban J connectivity index is 2.50. The van der Waals surface area contributed by atoms with E-state index < -0.39 is 6.10 Å². The predicted octanol–water partition coefficient (Wildman–Crippen LogP) is 5.08. The number of rotatable bonds is 3. The van der Waals surface area contributed by atoms with E-state index in [0.717, 1.165) is 39.8 Å². The Kier molecular flexibility index (Phi) is 4.80. The van der Waals surface area contributed by atoms with Crippen molar-refractivity contribution in [3.05, 3.63) is 27.2 Å². The van der Waals surface area contributed by atoms with Crippen molar-refractivity contribution in [1.29, 1.82) is 0 Å². The van der Waals surface area contributed by atoms with E-state index >= 15 is 0 Å². The second-order valence-corrected chi connectivity index (χ2v) is 7.22. The lowest BCUT2D eigenvalue weighted by atomic mass is 9.69. The number of aryl methyl sites for hydroxylation is 1. The molecule has 2 nitrogen and oxygen atoms in total. The minimum absolute atomic E-state index is 0.0382. The molecular formula is C17H25BrO2. The molecule has 1 N–H and O–H groups in total. The molecule has 1 saturated carbocycles. The summed E-state index contributed by atoms with van der Waals surface area (Å²) in [4.78, 5) is 0. The van der Waals surface area contributed by atoms with Gasteiger partial charge in [-0.25, -0.2) is 0 Å². The average molecular weight is 341 g/mol. The second kappa shape index (κ2) is 6.07. The van der Waals surface area contributed by atoms with Gasteiger partial charge in [0.15, 0.2) is 0 Å². The number of hydrogen-bond acceptors (Lipinski definition) is 2. The molecule has 20 heavy (non-hydrogen) atoms. The van der Waals surface area contributed by atoms with E-state index in [4.69, 9.17) is 4.74 Å². The van der Waals surface area contributed by atoms with E-state index in [1.165, 1.54) is 19.3 Å². The Bertz CT molecular complexity index is 490. The van der Waals surface area contributed by atoms with Gasteiger partial charge in [0.2, 0.25) is 0 Å². The van der Waals surface area contributed by atoms with E-state index in [2.05, 4.69) is 35.8 Å². The minimum atomic E-state index is -0.464. The monoisotopic (exact) mass is 340 g/mol. The van der Waals surface area contributed by atoms with Gasteiger partial charge in [0.05, 0.1) is 13.2 Å². The third-order valence-corrected chi connectivity index (χ3v) is 5.67. The molecule has 0 bridgehead atoms. The predicted molar refractivity (Wildman–Crippen MR) is 86.3 cm³/mol. The molecule has 112 valence electrons. The molecule has 1 aliphatic rings. The number of halogens is 1. The molecular weight excluding hydrogens is 316 g/mol. The third-order valence-electron chi connectivity index (χ3n) is 4.84. The fraction of sp³-hybridized carbons (Fsp3) is 0.647. The highest BCUT2D eigenvalue weighted by atomic mass is 79.9. The minimum Gasteiger partial charge on any atom is -0.496 e. The molecule has 1 aliphatic carbocycles. The Labute approximate surface area is 130 Å². The first-order valence-corrected chi connectivity index (χ1v) is 8.21. The van der Waals surface area contributed by atoms with Gasteiger partial charge in [-0.2, -0.15) is 0 Å². The lowest BCUT2D eigenvalue weighted by Gasteiger charge is -2.39. The maximum absolute atomic E-state index is 11.0. The molecule has 1 unspecified atom stereocenters. The largest absolute Gasteiger partial charge is 0.496 e. The van der Waals surface area contributed by atoms with Crippen LogP contribution < -0.4 is 4.74 Å². The van der Waals surface area contributed by atoms with Crippen molar-refractivity contribution < 1.29 is 9.84 Å². The van der Waals surface area contributed by atoms with Crippen LogP contribution in [0.5, 0.6) is 5.75 Å². The van der Waals surface area contributed by atoms with Crippen LogP contribution in [0.15, 0.2) is 10.5 Å². The lowest BCUT2D eigenvalue weighted by molar-refractivity contribution is 0.00617. The molecule has 0 aliphatic heterocycles. The normalized spacial score (nSPS) is 19.7. The Morgan fingerprint density at radius 2 is 1.85 bits per heavy atom. The molecule has 0 heterocycles. The Hall–Kier alpha value is -0.540. The van der Waals surface area contributed by atoms with Crippen LogP contribution in [0.3, 0.4) is 0 Å². The van der Waals surface area contributed by atoms with Crippen molar-refractivity contribution in [1.82, 2.24) is 0 Å². The van der Waals surface area contributed by atoms with Gasteiger partial charge in [-0.15, -0.1) is 0 Å². The summed E-state index contributed by atoms with van der Waals surface area (Å²) in [6.45, 7) is 6.30. The summed E-state index contributed by atoms with van der Waals surface area (Å²) in [6.07, 6.45) is 5.42. The summed E-state index contributed by atoms with van der Waals surface area (Å²) >= 11 is 3.60. The van der Waals surface area contributed by atoms with E-state index in [-0.39, 0.29) is 5.41 Å². The van der Waals surface area contributed by atoms with Crippen molar-refractivity contribution in [2.75, 3.05) is 7.11 Å². The van der Waals surface area contributed by atoms with Crippen LogP contribution in [0.2, 0.25) is 0 Å². The van der Waals surface area contributed by atoms with E-state index in [0.29, 0.717) is 0 Å². The smallest absolute Gasteiger partial charge is 0.127 e. The van der Waals surface area contributed by atoms with Crippen LogP contribution in [-0.4, -0.2) is 12.2 Å². The average Bonchev–Trinajstić information content (AvgIpc) is 2.42. The highest BCUT2D eigenvalue weighted by molar-refractivity contribution is 9.10. The van der Waals surface area contributed by atoms with Gasteiger partial charge in [0, 0.05) is 10.0 Å². The van der Waals surface area contributed by atoms with Crippen molar-refractivity contribution in [2.24, 2.45) is 5.41 Å². The lowest BCUT2D eigenvalue weighted by Crippen LogP contribution is -2.29. The van der Waals surface area contributed by atoms with Gasteiger partial charge in [0.25, 0.3) is 0 Å². The number of aliphatic hydroxyl groups excluding tert-OH is 1. The first-order valence-electron chi connectivity index (χ1n) is 7.42. The van der Waals surface area contributed by atoms with Gasteiger partial charge in [-0.3, -0.25) is 0 Å². The van der Waals surface area contributed by atoms with E-state index in [1.807, 2.05) is 6.92 Å². The van der Waals surface area contributed by atoms with Crippen LogP contribution in [0.1, 0.15) is 61.8 Å². The molecule has 1 aromatic carbocycles. The van der Waals surface area contributed by atoms with Gasteiger partial charge in [-0.1, -0.05) is 42.1 Å².